The van der Waals surface area contributed by atoms with Gasteiger partial charge in [0.25, 0.3) is 11.8 Å². The molecule has 0 bridgehead atoms. The molecule has 0 aliphatic heterocycles. The molecule has 0 atom stereocenters. The Balaban J connectivity index is 1.75. The third-order valence-electron chi connectivity index (χ3n) is 3.21. The van der Waals surface area contributed by atoms with Crippen LogP contribution in [0.25, 0.3) is 10.1 Å². The maximum absolute atomic E-state index is 12.3. The number of benzene rings is 2. The van der Waals surface area contributed by atoms with Crippen LogP contribution in [0.15, 0.2) is 42.5 Å². The first kappa shape index (κ1) is 17.0. The third-order valence-corrected chi connectivity index (χ3v) is 5.43. The highest BCUT2D eigenvalue weighted by molar-refractivity contribution is 7.21. The fourth-order valence-corrected chi connectivity index (χ4v) is 3.98. The minimum atomic E-state index is -0.553. The second-order valence-corrected chi connectivity index (χ2v) is 7.05. The molecule has 122 valence electrons. The Kier molecular flexibility index (Phi) is 4.96. The number of carbonyl (C=O) groups excluding carboxylic acids is 2. The van der Waals surface area contributed by atoms with Gasteiger partial charge in [-0.15, -0.1) is 11.3 Å². The number of hydrazine groups is 1. The summed E-state index contributed by atoms with van der Waals surface area (Å²) >= 11 is 19.2. The highest BCUT2D eigenvalue weighted by atomic mass is 35.5. The summed E-state index contributed by atoms with van der Waals surface area (Å²) in [5.41, 5.74) is 4.85. The molecule has 0 aliphatic rings. The van der Waals surface area contributed by atoms with Crippen molar-refractivity contribution in [3.8, 4) is 0 Å². The van der Waals surface area contributed by atoms with E-state index in [0.717, 1.165) is 10.1 Å². The largest absolute Gasteiger partial charge is 0.281 e. The second-order valence-electron chi connectivity index (χ2n) is 4.77. The van der Waals surface area contributed by atoms with Gasteiger partial charge >= 0.3 is 0 Å². The average Bonchev–Trinajstić information content (AvgIpc) is 2.90. The van der Waals surface area contributed by atoms with Crippen LogP contribution in [-0.4, -0.2) is 11.8 Å². The van der Waals surface area contributed by atoms with Crippen molar-refractivity contribution in [2.75, 3.05) is 0 Å². The SMILES string of the molecule is O=C(NNC(=O)c1sc2ccccc2c1Cl)c1ccc(Cl)cc1Cl. The lowest BCUT2D eigenvalue weighted by Crippen LogP contribution is -2.41. The molecule has 0 saturated carbocycles. The van der Waals surface area contributed by atoms with Gasteiger partial charge in [-0.1, -0.05) is 53.0 Å². The van der Waals surface area contributed by atoms with Crippen LogP contribution >= 0.6 is 46.1 Å². The van der Waals surface area contributed by atoms with E-state index in [1.54, 1.807) is 0 Å². The summed E-state index contributed by atoms with van der Waals surface area (Å²) in [4.78, 5) is 24.7. The summed E-state index contributed by atoms with van der Waals surface area (Å²) < 4.78 is 0.889. The van der Waals surface area contributed by atoms with E-state index in [2.05, 4.69) is 10.9 Å². The fourth-order valence-electron chi connectivity index (χ4n) is 2.07. The zero-order valence-corrected chi connectivity index (χ0v) is 15.0. The van der Waals surface area contributed by atoms with Crippen molar-refractivity contribution >= 4 is 68.0 Å². The number of amides is 2. The Morgan fingerprint density at radius 1 is 0.917 bits per heavy atom. The van der Waals surface area contributed by atoms with E-state index in [1.165, 1.54) is 29.5 Å². The van der Waals surface area contributed by atoms with Crippen molar-refractivity contribution in [3.63, 3.8) is 0 Å². The van der Waals surface area contributed by atoms with Gasteiger partial charge < -0.3 is 0 Å². The molecule has 3 aromatic rings. The fraction of sp³-hybridized carbons (Fsp3) is 0. The Labute approximate surface area is 156 Å². The van der Waals surface area contributed by atoms with Crippen LogP contribution in [0, 0.1) is 0 Å². The molecule has 4 nitrogen and oxygen atoms in total. The van der Waals surface area contributed by atoms with Crippen LogP contribution in [0.3, 0.4) is 0 Å². The lowest BCUT2D eigenvalue weighted by Gasteiger charge is -2.08. The summed E-state index contributed by atoms with van der Waals surface area (Å²) in [7, 11) is 0. The maximum atomic E-state index is 12.3. The average molecular weight is 400 g/mol. The molecule has 2 amide bonds. The summed E-state index contributed by atoms with van der Waals surface area (Å²) in [5.74, 6) is -1.05. The minimum absolute atomic E-state index is 0.189. The standard InChI is InChI=1S/C16H9Cl3N2O2S/c17-8-5-6-9(11(18)7-8)15(22)20-21-16(23)14-13(19)10-3-1-2-4-12(10)24-14/h1-7H,(H,20,22)(H,21,23). The van der Waals surface area contributed by atoms with Gasteiger partial charge in [-0.2, -0.15) is 0 Å². The molecular formula is C16H9Cl3N2O2S. The van der Waals surface area contributed by atoms with E-state index in [1.807, 2.05) is 24.3 Å². The van der Waals surface area contributed by atoms with Gasteiger partial charge in [0.05, 0.1) is 15.6 Å². The van der Waals surface area contributed by atoms with Crippen LogP contribution in [0.2, 0.25) is 15.1 Å². The van der Waals surface area contributed by atoms with Crippen molar-refractivity contribution in [3.05, 3.63) is 68.0 Å². The van der Waals surface area contributed by atoms with Gasteiger partial charge in [-0.3, -0.25) is 20.4 Å². The number of rotatable bonds is 2. The zero-order chi connectivity index (χ0) is 17.3. The molecule has 0 aliphatic carbocycles. The smallest absolute Gasteiger partial charge is 0.267 e. The lowest BCUT2D eigenvalue weighted by molar-refractivity contribution is 0.0849. The Morgan fingerprint density at radius 2 is 1.62 bits per heavy atom. The van der Waals surface area contributed by atoms with Crippen molar-refractivity contribution in [2.24, 2.45) is 0 Å². The molecule has 1 heterocycles. The van der Waals surface area contributed by atoms with E-state index in [9.17, 15) is 9.59 Å². The first-order valence-corrected chi connectivity index (χ1v) is 8.65. The van der Waals surface area contributed by atoms with Gasteiger partial charge in [-0.05, 0) is 24.3 Å². The van der Waals surface area contributed by atoms with Gasteiger partial charge in [0.15, 0.2) is 0 Å². The number of halogens is 3. The molecule has 8 heteroatoms. The van der Waals surface area contributed by atoms with Gasteiger partial charge in [0.1, 0.15) is 4.88 Å². The summed E-state index contributed by atoms with van der Waals surface area (Å²) in [6.45, 7) is 0. The molecule has 2 N–H and O–H groups in total. The Morgan fingerprint density at radius 3 is 2.33 bits per heavy atom. The molecule has 3 rings (SSSR count). The van der Waals surface area contributed by atoms with Gasteiger partial charge in [0, 0.05) is 15.1 Å². The molecule has 0 fully saturated rings. The van der Waals surface area contributed by atoms with Crippen LogP contribution in [0.5, 0.6) is 0 Å². The number of hydrogen-bond acceptors (Lipinski definition) is 3. The molecule has 0 radical (unpaired) electrons. The van der Waals surface area contributed by atoms with Gasteiger partial charge in [-0.25, -0.2) is 0 Å². The number of carbonyl (C=O) groups is 2. The summed E-state index contributed by atoms with van der Waals surface area (Å²) in [6.07, 6.45) is 0. The Hall–Kier alpha value is -1.79. The van der Waals surface area contributed by atoms with Crippen LogP contribution in [0.4, 0.5) is 0 Å². The lowest BCUT2D eigenvalue weighted by atomic mass is 10.2. The zero-order valence-electron chi connectivity index (χ0n) is 11.9. The molecule has 0 saturated heterocycles. The first-order chi connectivity index (χ1) is 11.5. The van der Waals surface area contributed by atoms with Crippen LogP contribution in [0.1, 0.15) is 20.0 Å². The Bertz CT molecular complexity index is 956. The van der Waals surface area contributed by atoms with E-state index < -0.39 is 11.8 Å². The summed E-state index contributed by atoms with van der Waals surface area (Å²) in [6, 6.07) is 11.9. The highest BCUT2D eigenvalue weighted by Crippen LogP contribution is 2.34. The van der Waals surface area contributed by atoms with Crippen molar-refractivity contribution < 1.29 is 9.59 Å². The van der Waals surface area contributed by atoms with Crippen LogP contribution in [-0.2, 0) is 0 Å². The normalized spacial score (nSPS) is 10.6. The molecule has 24 heavy (non-hydrogen) atoms. The quantitative estimate of drug-likeness (QED) is 0.600. The van der Waals surface area contributed by atoms with Gasteiger partial charge in [0.2, 0.25) is 0 Å². The van der Waals surface area contributed by atoms with E-state index in [0.29, 0.717) is 14.9 Å². The number of hydrogen-bond donors (Lipinski definition) is 2. The molecule has 0 unspecified atom stereocenters. The van der Waals surface area contributed by atoms with Crippen LogP contribution < -0.4 is 10.9 Å². The number of fused-ring (bicyclic) bond motifs is 1. The highest BCUT2D eigenvalue weighted by Gasteiger charge is 2.18. The number of nitrogens with one attached hydrogen (secondary N) is 2. The monoisotopic (exact) mass is 398 g/mol. The van der Waals surface area contributed by atoms with Crippen molar-refractivity contribution in [1.82, 2.24) is 10.9 Å². The van der Waals surface area contributed by atoms with E-state index in [-0.39, 0.29) is 10.6 Å². The molecular weight excluding hydrogens is 391 g/mol. The predicted molar refractivity (Wildman–Crippen MR) is 98.2 cm³/mol. The first-order valence-electron chi connectivity index (χ1n) is 6.70. The predicted octanol–water partition coefficient (Wildman–Crippen LogP) is 4.94. The van der Waals surface area contributed by atoms with E-state index in [4.69, 9.17) is 34.8 Å². The van der Waals surface area contributed by atoms with Crippen molar-refractivity contribution in [1.29, 1.82) is 0 Å². The topological polar surface area (TPSA) is 58.2 Å². The summed E-state index contributed by atoms with van der Waals surface area (Å²) in [5, 5.41) is 1.75. The molecule has 2 aromatic carbocycles. The van der Waals surface area contributed by atoms with E-state index >= 15 is 0 Å². The minimum Gasteiger partial charge on any atom is -0.267 e. The van der Waals surface area contributed by atoms with Crippen molar-refractivity contribution in [2.45, 2.75) is 0 Å². The second kappa shape index (κ2) is 6.99. The third kappa shape index (κ3) is 3.35. The number of thiophene rings is 1. The molecule has 0 spiro atoms. The maximum Gasteiger partial charge on any atom is 0.281 e. The molecule has 1 aromatic heterocycles.